The maximum absolute atomic E-state index is 12.2. The van der Waals surface area contributed by atoms with Gasteiger partial charge in [-0.3, -0.25) is 4.79 Å². The average molecular weight is 293 g/mol. The van der Waals surface area contributed by atoms with Crippen LogP contribution < -0.4 is 0 Å². The lowest BCUT2D eigenvalue weighted by Gasteiger charge is -2.32. The maximum atomic E-state index is 12.2. The van der Waals surface area contributed by atoms with Crippen LogP contribution in [0.4, 0.5) is 0 Å². The molecule has 1 atom stereocenters. The molecule has 1 aromatic heterocycles. The number of piperidine rings is 1. The minimum Gasteiger partial charge on any atom is -0.480 e. The molecule has 0 bridgehead atoms. The number of hydrogen-bond acceptors (Lipinski definition) is 5. The molecule has 2 fully saturated rings. The van der Waals surface area contributed by atoms with Gasteiger partial charge in [-0.1, -0.05) is 5.16 Å². The summed E-state index contributed by atoms with van der Waals surface area (Å²) in [6.07, 6.45) is 5.06. The van der Waals surface area contributed by atoms with Gasteiger partial charge >= 0.3 is 5.97 Å². The predicted octanol–water partition coefficient (Wildman–Crippen LogP) is 1.35. The maximum Gasteiger partial charge on any atom is 0.326 e. The lowest BCUT2D eigenvalue weighted by Crippen LogP contribution is -2.48. The molecule has 0 spiro atoms. The smallest absolute Gasteiger partial charge is 0.326 e. The van der Waals surface area contributed by atoms with Gasteiger partial charge in [-0.15, -0.1) is 0 Å². The normalized spacial score (nSPS) is 22.3. The largest absolute Gasteiger partial charge is 0.480 e. The van der Waals surface area contributed by atoms with Gasteiger partial charge in [-0.25, -0.2) is 4.79 Å². The number of carboxylic acids is 1. The van der Waals surface area contributed by atoms with Gasteiger partial charge in [0.25, 0.3) is 0 Å². The van der Waals surface area contributed by atoms with Gasteiger partial charge < -0.3 is 14.5 Å². The zero-order valence-electron chi connectivity index (χ0n) is 11.8. The summed E-state index contributed by atoms with van der Waals surface area (Å²) < 4.78 is 5.13. The molecular weight excluding hydrogens is 274 g/mol. The molecule has 0 radical (unpaired) electrons. The van der Waals surface area contributed by atoms with Gasteiger partial charge in [-0.05, 0) is 32.1 Å². The number of aliphatic carboxylic acids is 1. The summed E-state index contributed by atoms with van der Waals surface area (Å²) in [6.45, 7) is 0.521. The number of rotatable bonds is 5. The van der Waals surface area contributed by atoms with Crippen LogP contribution in [0.3, 0.4) is 0 Å². The third-order valence-electron chi connectivity index (χ3n) is 4.09. The predicted molar refractivity (Wildman–Crippen MR) is 71.6 cm³/mol. The molecule has 1 aliphatic carbocycles. The van der Waals surface area contributed by atoms with E-state index in [2.05, 4.69) is 10.1 Å². The number of aromatic nitrogens is 2. The van der Waals surface area contributed by atoms with Gasteiger partial charge in [-0.2, -0.15) is 4.98 Å². The Morgan fingerprint density at radius 1 is 1.29 bits per heavy atom. The minimum atomic E-state index is -0.920. The van der Waals surface area contributed by atoms with Crippen molar-refractivity contribution in [3.63, 3.8) is 0 Å². The van der Waals surface area contributed by atoms with E-state index in [1.807, 2.05) is 0 Å². The first-order valence-electron chi connectivity index (χ1n) is 7.50. The van der Waals surface area contributed by atoms with Crippen LogP contribution in [0.5, 0.6) is 0 Å². The van der Waals surface area contributed by atoms with E-state index in [4.69, 9.17) is 4.52 Å². The van der Waals surface area contributed by atoms with E-state index in [1.165, 1.54) is 4.90 Å². The Labute approximate surface area is 122 Å². The third-order valence-corrected chi connectivity index (χ3v) is 4.09. The molecular formula is C14H19N3O4. The van der Waals surface area contributed by atoms with Crippen molar-refractivity contribution in [2.24, 2.45) is 0 Å². The highest BCUT2D eigenvalue weighted by atomic mass is 16.5. The summed E-state index contributed by atoms with van der Waals surface area (Å²) >= 11 is 0. The number of carboxylic acid groups (broad SMARTS) is 1. The highest BCUT2D eigenvalue weighted by Crippen LogP contribution is 2.38. The Morgan fingerprint density at radius 3 is 2.81 bits per heavy atom. The fourth-order valence-corrected chi connectivity index (χ4v) is 2.72. The van der Waals surface area contributed by atoms with Gasteiger partial charge in [0.05, 0.1) is 0 Å². The molecule has 114 valence electrons. The second-order valence-corrected chi connectivity index (χ2v) is 5.76. The van der Waals surface area contributed by atoms with E-state index in [0.29, 0.717) is 31.2 Å². The molecule has 1 aliphatic heterocycles. The lowest BCUT2D eigenvalue weighted by atomic mass is 10.0. The Bertz CT molecular complexity index is 538. The summed E-state index contributed by atoms with van der Waals surface area (Å²) in [5, 5.41) is 13.1. The van der Waals surface area contributed by atoms with E-state index in [9.17, 15) is 14.7 Å². The van der Waals surface area contributed by atoms with Gasteiger partial charge in [0.15, 0.2) is 5.82 Å². The fourth-order valence-electron chi connectivity index (χ4n) is 2.72. The van der Waals surface area contributed by atoms with E-state index >= 15 is 0 Å². The molecule has 1 unspecified atom stereocenters. The Balaban J connectivity index is 1.55. The Hall–Kier alpha value is -1.92. The van der Waals surface area contributed by atoms with Crippen molar-refractivity contribution in [1.29, 1.82) is 0 Å². The van der Waals surface area contributed by atoms with Crippen molar-refractivity contribution in [2.45, 2.75) is 56.9 Å². The molecule has 1 saturated heterocycles. The van der Waals surface area contributed by atoms with Crippen molar-refractivity contribution < 1.29 is 19.2 Å². The van der Waals surface area contributed by atoms with E-state index in [-0.39, 0.29) is 12.3 Å². The summed E-state index contributed by atoms with van der Waals surface area (Å²) in [5.41, 5.74) is 0. The first-order chi connectivity index (χ1) is 10.1. The number of likely N-dealkylation sites (tertiary alicyclic amines) is 1. The van der Waals surface area contributed by atoms with Gasteiger partial charge in [0.1, 0.15) is 6.04 Å². The number of amides is 1. The molecule has 2 heterocycles. The Morgan fingerprint density at radius 2 is 2.10 bits per heavy atom. The first-order valence-corrected chi connectivity index (χ1v) is 7.50. The molecule has 1 amide bonds. The molecule has 2 aliphatic rings. The number of aryl methyl sites for hydroxylation is 1. The minimum absolute atomic E-state index is 0.145. The van der Waals surface area contributed by atoms with Crippen molar-refractivity contribution in [2.75, 3.05) is 6.54 Å². The third kappa shape index (κ3) is 3.22. The molecule has 3 rings (SSSR count). The van der Waals surface area contributed by atoms with Crippen LogP contribution in [-0.2, 0) is 16.0 Å². The highest BCUT2D eigenvalue weighted by Gasteiger charge is 2.32. The zero-order chi connectivity index (χ0) is 14.8. The van der Waals surface area contributed by atoms with Crippen molar-refractivity contribution in [3.8, 4) is 0 Å². The summed E-state index contributed by atoms with van der Waals surface area (Å²) in [7, 11) is 0. The van der Waals surface area contributed by atoms with Gasteiger partial charge in [0.2, 0.25) is 11.8 Å². The number of carbonyl (C=O) groups excluding carboxylic acids is 1. The summed E-state index contributed by atoms with van der Waals surface area (Å²) in [4.78, 5) is 29.2. The van der Waals surface area contributed by atoms with Crippen molar-refractivity contribution in [1.82, 2.24) is 15.0 Å². The SMILES string of the molecule is O=C(O)C1CCCCN1C(=O)CCc1nc(C2CC2)no1. The second kappa shape index (κ2) is 5.83. The van der Waals surface area contributed by atoms with Crippen LogP contribution in [0.15, 0.2) is 4.52 Å². The monoisotopic (exact) mass is 293 g/mol. The standard InChI is InChI=1S/C14H19N3O4/c18-12(17-8-2-1-3-10(17)14(19)20)7-6-11-15-13(16-21-11)9-4-5-9/h9-10H,1-8H2,(H,19,20). The van der Waals surface area contributed by atoms with E-state index in [0.717, 1.165) is 31.5 Å². The number of nitrogens with zero attached hydrogens (tertiary/aromatic N) is 3. The number of carbonyl (C=O) groups is 2. The van der Waals surface area contributed by atoms with Crippen molar-refractivity contribution in [3.05, 3.63) is 11.7 Å². The number of hydrogen-bond donors (Lipinski definition) is 1. The average Bonchev–Trinajstić information content (AvgIpc) is 3.24. The van der Waals surface area contributed by atoms with Gasteiger partial charge in [0, 0.05) is 25.3 Å². The molecule has 7 heteroatoms. The van der Waals surface area contributed by atoms with E-state index < -0.39 is 12.0 Å². The lowest BCUT2D eigenvalue weighted by molar-refractivity contribution is -0.152. The van der Waals surface area contributed by atoms with Crippen LogP contribution in [0.25, 0.3) is 0 Å². The van der Waals surface area contributed by atoms with Crippen LogP contribution >= 0.6 is 0 Å². The zero-order valence-corrected chi connectivity index (χ0v) is 11.8. The molecule has 7 nitrogen and oxygen atoms in total. The van der Waals surface area contributed by atoms with Crippen LogP contribution in [0.2, 0.25) is 0 Å². The van der Waals surface area contributed by atoms with Crippen LogP contribution in [0.1, 0.15) is 56.2 Å². The molecule has 1 N–H and O–H groups in total. The first kappa shape index (κ1) is 14.0. The van der Waals surface area contributed by atoms with E-state index in [1.54, 1.807) is 0 Å². The molecule has 1 aromatic rings. The highest BCUT2D eigenvalue weighted by molar-refractivity contribution is 5.83. The fraction of sp³-hybridized carbons (Fsp3) is 0.714. The Kier molecular flexibility index (Phi) is 3.90. The summed E-state index contributed by atoms with van der Waals surface area (Å²) in [5.74, 6) is 0.565. The second-order valence-electron chi connectivity index (χ2n) is 5.76. The topological polar surface area (TPSA) is 96.5 Å². The van der Waals surface area contributed by atoms with Crippen LogP contribution in [0, 0.1) is 0 Å². The van der Waals surface area contributed by atoms with Crippen molar-refractivity contribution >= 4 is 11.9 Å². The quantitative estimate of drug-likeness (QED) is 0.880. The molecule has 21 heavy (non-hydrogen) atoms. The molecule has 0 aromatic carbocycles. The summed E-state index contributed by atoms with van der Waals surface area (Å²) in [6, 6.07) is -0.684. The molecule has 1 saturated carbocycles. The van der Waals surface area contributed by atoms with Crippen LogP contribution in [-0.4, -0.2) is 44.6 Å².